The summed E-state index contributed by atoms with van der Waals surface area (Å²) in [5, 5.41) is 4.49. The Morgan fingerprint density at radius 3 is 2.38 bits per heavy atom. The van der Waals surface area contributed by atoms with Crippen LogP contribution in [0.25, 0.3) is 0 Å². The molecule has 2 aliphatic rings. The van der Waals surface area contributed by atoms with Gasteiger partial charge >= 0.3 is 0 Å². The van der Waals surface area contributed by atoms with Gasteiger partial charge in [0, 0.05) is 45.1 Å². The molecule has 8 heteroatoms. The topological polar surface area (TPSA) is 39.0 Å². The van der Waals surface area contributed by atoms with E-state index in [4.69, 9.17) is 11.6 Å². The number of nitrogens with zero attached hydrogens (tertiary/aromatic N) is 5. The number of aromatic nitrogens is 1. The maximum Gasteiger partial charge on any atom is 0.193 e. The normalized spacial score (nSPS) is 20.9. The standard InChI is InChI=1S/C21H37ClN6.HI/c1-23-20(27(4)16-19-14-18(22)15-26(19)3)24-17-21(8-12-25(2)13-9-21)28-10-6-5-7-11-28;/h14-15H,5-13,16-17H2,1-4H3,(H,23,24);1H. The second kappa shape index (κ2) is 11.2. The van der Waals surface area contributed by atoms with Crippen molar-refractivity contribution in [1.82, 2.24) is 24.6 Å². The van der Waals surface area contributed by atoms with Crippen LogP contribution in [-0.4, -0.2) is 84.6 Å². The van der Waals surface area contributed by atoms with Crippen molar-refractivity contribution >= 4 is 41.5 Å². The van der Waals surface area contributed by atoms with Gasteiger partial charge in [0.15, 0.2) is 5.96 Å². The third-order valence-electron chi connectivity index (χ3n) is 6.57. The number of nitrogens with one attached hydrogen (secondary N) is 1. The van der Waals surface area contributed by atoms with Gasteiger partial charge < -0.3 is 19.7 Å². The Morgan fingerprint density at radius 1 is 1.17 bits per heavy atom. The molecule has 29 heavy (non-hydrogen) atoms. The minimum absolute atomic E-state index is 0. The summed E-state index contributed by atoms with van der Waals surface area (Å²) in [6, 6.07) is 2.03. The maximum atomic E-state index is 6.15. The molecule has 6 nitrogen and oxygen atoms in total. The lowest BCUT2D eigenvalue weighted by Crippen LogP contribution is -2.62. The van der Waals surface area contributed by atoms with E-state index < -0.39 is 0 Å². The molecule has 0 aliphatic carbocycles. The molecule has 3 rings (SSSR count). The zero-order valence-electron chi connectivity index (χ0n) is 18.5. The molecule has 2 fully saturated rings. The summed E-state index contributed by atoms with van der Waals surface area (Å²) in [7, 11) is 8.25. The molecule has 0 bridgehead atoms. The number of hydrogen-bond acceptors (Lipinski definition) is 3. The first-order chi connectivity index (χ1) is 13.4. The summed E-state index contributed by atoms with van der Waals surface area (Å²) >= 11 is 6.15. The van der Waals surface area contributed by atoms with Crippen LogP contribution in [0.4, 0.5) is 0 Å². The SMILES string of the molecule is CN=C(NCC1(N2CCCCC2)CCN(C)CC1)N(C)Cc1cc(Cl)cn1C.I. The Bertz CT molecular complexity index is 662. The average molecular weight is 537 g/mol. The largest absolute Gasteiger partial charge is 0.354 e. The van der Waals surface area contributed by atoms with E-state index >= 15 is 0 Å². The van der Waals surface area contributed by atoms with E-state index in [1.165, 1.54) is 64.0 Å². The van der Waals surface area contributed by atoms with E-state index in [2.05, 4.69) is 43.7 Å². The van der Waals surface area contributed by atoms with Gasteiger partial charge in [0.05, 0.1) is 11.6 Å². The minimum Gasteiger partial charge on any atom is -0.354 e. The number of hydrogen-bond donors (Lipinski definition) is 1. The number of aliphatic imine (C=N–C) groups is 1. The number of rotatable bonds is 5. The van der Waals surface area contributed by atoms with Crippen molar-refractivity contribution in [1.29, 1.82) is 0 Å². The quantitative estimate of drug-likeness (QED) is 0.356. The van der Waals surface area contributed by atoms with Crippen LogP contribution in [0.15, 0.2) is 17.3 Å². The predicted octanol–water partition coefficient (Wildman–Crippen LogP) is 3.25. The fraction of sp³-hybridized carbons (Fsp3) is 0.762. The van der Waals surface area contributed by atoms with Gasteiger partial charge in [0.25, 0.3) is 0 Å². The van der Waals surface area contributed by atoms with Crippen LogP contribution < -0.4 is 5.32 Å². The highest BCUT2D eigenvalue weighted by Gasteiger charge is 2.39. The molecule has 0 amide bonds. The fourth-order valence-electron chi connectivity index (χ4n) is 4.68. The first-order valence-corrected chi connectivity index (χ1v) is 11.0. The number of likely N-dealkylation sites (tertiary alicyclic amines) is 2. The van der Waals surface area contributed by atoms with Gasteiger partial charge in [0.1, 0.15) is 0 Å². The summed E-state index contributed by atoms with van der Waals surface area (Å²) in [5.41, 5.74) is 1.43. The van der Waals surface area contributed by atoms with Crippen molar-refractivity contribution in [3.63, 3.8) is 0 Å². The molecule has 1 aromatic heterocycles. The summed E-state index contributed by atoms with van der Waals surface area (Å²) in [5.74, 6) is 0.952. The minimum atomic E-state index is 0. The van der Waals surface area contributed by atoms with Crippen LogP contribution in [0, 0.1) is 0 Å². The fourth-order valence-corrected chi connectivity index (χ4v) is 4.95. The third kappa shape index (κ3) is 6.24. The second-order valence-corrected chi connectivity index (χ2v) is 9.03. The smallest absolute Gasteiger partial charge is 0.193 e. The van der Waals surface area contributed by atoms with Crippen LogP contribution in [0.2, 0.25) is 5.02 Å². The van der Waals surface area contributed by atoms with Crippen LogP contribution >= 0.6 is 35.6 Å². The van der Waals surface area contributed by atoms with E-state index in [-0.39, 0.29) is 29.5 Å². The second-order valence-electron chi connectivity index (χ2n) is 8.59. The van der Waals surface area contributed by atoms with Crippen LogP contribution in [0.5, 0.6) is 0 Å². The average Bonchev–Trinajstić information content (AvgIpc) is 3.01. The van der Waals surface area contributed by atoms with Crippen molar-refractivity contribution in [2.24, 2.45) is 12.0 Å². The molecule has 1 aromatic rings. The molecular formula is C21H38ClIN6. The molecule has 0 unspecified atom stereocenters. The highest BCUT2D eigenvalue weighted by Crippen LogP contribution is 2.31. The molecule has 0 radical (unpaired) electrons. The summed E-state index contributed by atoms with van der Waals surface area (Å²) in [6.45, 7) is 6.57. The van der Waals surface area contributed by atoms with Gasteiger partial charge in [-0.2, -0.15) is 0 Å². The maximum absolute atomic E-state index is 6.15. The molecule has 0 atom stereocenters. The first kappa shape index (κ1) is 24.8. The van der Waals surface area contributed by atoms with Crippen molar-refractivity contribution in [3.8, 4) is 0 Å². The summed E-state index contributed by atoms with van der Waals surface area (Å²) in [6.07, 6.45) is 8.45. The van der Waals surface area contributed by atoms with E-state index in [9.17, 15) is 0 Å². The van der Waals surface area contributed by atoms with Crippen molar-refractivity contribution in [2.75, 3.05) is 53.9 Å². The zero-order chi connectivity index (χ0) is 20.1. The molecule has 166 valence electrons. The van der Waals surface area contributed by atoms with Crippen LogP contribution in [-0.2, 0) is 13.6 Å². The van der Waals surface area contributed by atoms with Crippen molar-refractivity contribution < 1.29 is 0 Å². The Kier molecular flexibility index (Phi) is 9.57. The number of piperidine rings is 2. The van der Waals surface area contributed by atoms with Crippen molar-refractivity contribution in [2.45, 2.75) is 44.2 Å². The monoisotopic (exact) mass is 536 g/mol. The van der Waals surface area contributed by atoms with Crippen molar-refractivity contribution in [3.05, 3.63) is 23.0 Å². The summed E-state index contributed by atoms with van der Waals surface area (Å²) in [4.78, 5) is 12.0. The first-order valence-electron chi connectivity index (χ1n) is 10.6. The van der Waals surface area contributed by atoms with Gasteiger partial charge in [-0.15, -0.1) is 24.0 Å². The molecule has 0 aromatic carbocycles. The highest BCUT2D eigenvalue weighted by atomic mass is 127. The number of aryl methyl sites for hydroxylation is 1. The Hall–Kier alpha value is -0.510. The van der Waals surface area contributed by atoms with Gasteiger partial charge in [-0.05, 0) is 65.0 Å². The molecular weight excluding hydrogens is 499 g/mol. The highest BCUT2D eigenvalue weighted by molar-refractivity contribution is 14.0. The summed E-state index contributed by atoms with van der Waals surface area (Å²) < 4.78 is 2.08. The van der Waals surface area contributed by atoms with Crippen LogP contribution in [0.1, 0.15) is 37.8 Å². The Morgan fingerprint density at radius 2 is 1.83 bits per heavy atom. The molecule has 0 saturated carbocycles. The molecule has 2 saturated heterocycles. The van der Waals surface area contributed by atoms with Gasteiger partial charge in [0.2, 0.25) is 0 Å². The third-order valence-corrected chi connectivity index (χ3v) is 6.77. The lowest BCUT2D eigenvalue weighted by Gasteiger charge is -2.50. The van der Waals surface area contributed by atoms with E-state index in [1.54, 1.807) is 0 Å². The van der Waals surface area contributed by atoms with E-state index in [0.717, 1.165) is 24.1 Å². The zero-order valence-corrected chi connectivity index (χ0v) is 21.5. The van der Waals surface area contributed by atoms with Gasteiger partial charge in [-0.25, -0.2) is 0 Å². The molecule has 1 N–H and O–H groups in total. The lowest BCUT2D eigenvalue weighted by atomic mass is 9.84. The lowest BCUT2D eigenvalue weighted by molar-refractivity contribution is 0.0170. The van der Waals surface area contributed by atoms with Gasteiger partial charge in [-0.3, -0.25) is 9.89 Å². The van der Waals surface area contributed by atoms with Gasteiger partial charge in [-0.1, -0.05) is 18.0 Å². The Balaban J connectivity index is 0.00000300. The number of guanidine groups is 1. The van der Waals surface area contributed by atoms with Crippen LogP contribution in [0.3, 0.4) is 0 Å². The molecule has 0 spiro atoms. The van der Waals surface area contributed by atoms with E-state index in [1.807, 2.05) is 26.4 Å². The van der Waals surface area contributed by atoms with E-state index in [0.29, 0.717) is 0 Å². The molecule has 3 heterocycles. The molecule has 2 aliphatic heterocycles. The number of halogens is 2. The predicted molar refractivity (Wildman–Crippen MR) is 134 cm³/mol. The Labute approximate surface area is 198 Å².